The van der Waals surface area contributed by atoms with E-state index in [9.17, 15) is 39.6 Å². The number of aliphatic carboxylic acids is 1. The van der Waals surface area contributed by atoms with E-state index in [1.165, 1.54) is 18.2 Å². The Morgan fingerprint density at radius 2 is 1.68 bits per heavy atom. The molecule has 2 heterocycles. The maximum Gasteiger partial charge on any atom is 0.416 e. The average Bonchev–Trinajstić information content (AvgIpc) is 2.85. The highest BCUT2D eigenvalue weighted by atomic mass is 32.2. The largest absolute Gasteiger partial charge is 0.486 e. The van der Waals surface area contributed by atoms with Crippen molar-refractivity contribution in [1.82, 2.24) is 4.98 Å². The molecule has 0 bridgehead atoms. The van der Waals surface area contributed by atoms with E-state index in [0.717, 1.165) is 34.8 Å². The number of anilines is 1. The minimum absolute atomic E-state index is 0.0436. The molecule has 0 aliphatic carbocycles. The fourth-order valence-electron chi connectivity index (χ4n) is 3.86. The molecule has 202 valence electrons. The predicted octanol–water partition coefficient (Wildman–Crippen LogP) is 5.61. The lowest BCUT2D eigenvalue weighted by molar-refractivity contribution is -0.138. The molecule has 3 aromatic rings. The minimum atomic E-state index is -4.82. The third-order valence-electron chi connectivity index (χ3n) is 5.70. The van der Waals surface area contributed by atoms with Gasteiger partial charge in [-0.25, -0.2) is 8.42 Å². The van der Waals surface area contributed by atoms with Gasteiger partial charge in [0.25, 0.3) is 10.0 Å². The molecule has 1 aromatic heterocycles. The second kappa shape index (κ2) is 9.82. The van der Waals surface area contributed by atoms with Gasteiger partial charge in [-0.05, 0) is 55.0 Å². The van der Waals surface area contributed by atoms with E-state index in [0.29, 0.717) is 12.1 Å². The molecule has 1 N–H and O–H groups in total. The zero-order chi connectivity index (χ0) is 27.9. The van der Waals surface area contributed by atoms with Crippen LogP contribution in [-0.2, 0) is 27.2 Å². The fraction of sp³-hybridized carbons (Fsp3) is 0.250. The average molecular weight is 560 g/mol. The Hall–Kier alpha value is -3.81. The number of rotatable bonds is 6. The molecule has 0 amide bonds. The highest BCUT2D eigenvalue weighted by Gasteiger charge is 2.37. The summed E-state index contributed by atoms with van der Waals surface area (Å²) in [5.74, 6) is -1.21. The maximum atomic E-state index is 13.6. The van der Waals surface area contributed by atoms with Crippen LogP contribution in [0.4, 0.5) is 32.0 Å². The number of ether oxygens (including phenoxy) is 1. The summed E-state index contributed by atoms with van der Waals surface area (Å²) in [5.41, 5.74) is -2.38. The van der Waals surface area contributed by atoms with Crippen molar-refractivity contribution in [2.45, 2.75) is 36.2 Å². The summed E-state index contributed by atoms with van der Waals surface area (Å²) in [4.78, 5) is 14.3. The van der Waals surface area contributed by atoms with Crippen molar-refractivity contribution in [1.29, 1.82) is 0 Å². The van der Waals surface area contributed by atoms with Gasteiger partial charge in [-0.2, -0.15) is 26.3 Å². The lowest BCUT2D eigenvalue weighted by Crippen LogP contribution is -2.43. The lowest BCUT2D eigenvalue weighted by atomic mass is 10.1. The number of carbonyl (C=O) groups is 1. The van der Waals surface area contributed by atoms with Crippen molar-refractivity contribution < 1.29 is 49.4 Å². The molecular weight excluding hydrogens is 542 g/mol. The van der Waals surface area contributed by atoms with Crippen molar-refractivity contribution in [3.8, 4) is 17.0 Å². The smallest absolute Gasteiger partial charge is 0.416 e. The first-order chi connectivity index (χ1) is 17.7. The number of aromatic nitrogens is 1. The highest BCUT2D eigenvalue weighted by Crippen LogP contribution is 2.41. The standard InChI is InChI=1S/C24H18F6N2O5S/c25-23(26,27)15-2-1-3-18(11-15)38(35,36)32-13-17(5-7-22(33)34)37-21-6-4-14(10-20(21)32)19-12-16(8-9-31-19)24(28,29)30/h1-4,6,8-12,17H,5,7,13H2,(H,33,34)/t17-/m0/s1. The van der Waals surface area contributed by atoms with Crippen LogP contribution in [0, 0.1) is 0 Å². The zero-order valence-corrected chi connectivity index (χ0v) is 19.9. The second-order valence-electron chi connectivity index (χ2n) is 8.34. The van der Waals surface area contributed by atoms with Crippen LogP contribution in [0.3, 0.4) is 0 Å². The summed E-state index contributed by atoms with van der Waals surface area (Å²) in [6.07, 6.45) is -9.99. The number of carboxylic acid groups (broad SMARTS) is 1. The number of carboxylic acids is 1. The molecule has 0 fully saturated rings. The van der Waals surface area contributed by atoms with Crippen LogP contribution >= 0.6 is 0 Å². The van der Waals surface area contributed by atoms with Gasteiger partial charge in [-0.3, -0.25) is 14.1 Å². The van der Waals surface area contributed by atoms with Gasteiger partial charge < -0.3 is 9.84 Å². The quantitative estimate of drug-likeness (QED) is 0.394. The number of nitrogens with zero attached hydrogens (tertiary/aromatic N) is 2. The molecule has 7 nitrogen and oxygen atoms in total. The van der Waals surface area contributed by atoms with E-state index in [2.05, 4.69) is 4.98 Å². The number of halogens is 6. The van der Waals surface area contributed by atoms with Crippen molar-refractivity contribution >= 4 is 21.7 Å². The first-order valence-electron chi connectivity index (χ1n) is 10.9. The molecule has 1 aliphatic heterocycles. The van der Waals surface area contributed by atoms with Crippen LogP contribution in [0.2, 0.25) is 0 Å². The Balaban J connectivity index is 1.82. The van der Waals surface area contributed by atoms with Gasteiger partial charge in [-0.1, -0.05) is 6.07 Å². The third kappa shape index (κ3) is 5.69. The summed E-state index contributed by atoms with van der Waals surface area (Å²) in [7, 11) is -4.65. The van der Waals surface area contributed by atoms with Crippen molar-refractivity contribution in [2.75, 3.05) is 10.8 Å². The van der Waals surface area contributed by atoms with Gasteiger partial charge in [0.15, 0.2) is 0 Å². The normalized spacial score (nSPS) is 16.1. The number of alkyl halides is 6. The lowest BCUT2D eigenvalue weighted by Gasteiger charge is -2.35. The van der Waals surface area contributed by atoms with Gasteiger partial charge in [0, 0.05) is 18.2 Å². The van der Waals surface area contributed by atoms with Crippen molar-refractivity contribution in [3.63, 3.8) is 0 Å². The van der Waals surface area contributed by atoms with Gasteiger partial charge in [0.2, 0.25) is 0 Å². The summed E-state index contributed by atoms with van der Waals surface area (Å²) in [6.45, 7) is -0.446. The second-order valence-corrected chi connectivity index (χ2v) is 10.2. The van der Waals surface area contributed by atoms with E-state index >= 15 is 0 Å². The predicted molar refractivity (Wildman–Crippen MR) is 122 cm³/mol. The third-order valence-corrected chi connectivity index (χ3v) is 7.48. The molecule has 0 spiro atoms. The van der Waals surface area contributed by atoms with Crippen LogP contribution in [-0.4, -0.2) is 37.1 Å². The Kier molecular flexibility index (Phi) is 7.03. The Morgan fingerprint density at radius 3 is 2.34 bits per heavy atom. The number of hydrogen-bond donors (Lipinski definition) is 1. The van der Waals surface area contributed by atoms with E-state index in [1.54, 1.807) is 0 Å². The topological polar surface area (TPSA) is 96.8 Å². The Morgan fingerprint density at radius 1 is 1.00 bits per heavy atom. The monoisotopic (exact) mass is 560 g/mol. The summed E-state index contributed by atoms with van der Waals surface area (Å²) >= 11 is 0. The molecule has 38 heavy (non-hydrogen) atoms. The van der Waals surface area contributed by atoms with E-state index in [4.69, 9.17) is 9.84 Å². The molecule has 1 atom stereocenters. The molecular formula is C24H18F6N2O5S. The summed E-state index contributed by atoms with van der Waals surface area (Å²) in [6, 6.07) is 8.45. The zero-order valence-electron chi connectivity index (χ0n) is 19.1. The Bertz CT molecular complexity index is 1470. The maximum absolute atomic E-state index is 13.6. The number of hydrogen-bond acceptors (Lipinski definition) is 5. The first kappa shape index (κ1) is 27.2. The van der Waals surface area contributed by atoms with E-state index < -0.39 is 57.0 Å². The number of benzene rings is 2. The fourth-order valence-corrected chi connectivity index (χ4v) is 5.40. The minimum Gasteiger partial charge on any atom is -0.486 e. The molecule has 4 rings (SSSR count). The molecule has 14 heteroatoms. The SMILES string of the molecule is O=C(O)CC[C@H]1CN(S(=O)(=O)c2cccc(C(F)(F)F)c2)c2cc(-c3cc(C(F)(F)F)ccn3)ccc2O1. The van der Waals surface area contributed by atoms with Crippen LogP contribution in [0.25, 0.3) is 11.3 Å². The van der Waals surface area contributed by atoms with Crippen LogP contribution in [0.1, 0.15) is 24.0 Å². The van der Waals surface area contributed by atoms with Gasteiger partial charge in [-0.15, -0.1) is 0 Å². The molecule has 0 saturated carbocycles. The number of pyridine rings is 1. The van der Waals surface area contributed by atoms with E-state index in [-0.39, 0.29) is 35.5 Å². The van der Waals surface area contributed by atoms with Crippen LogP contribution in [0.5, 0.6) is 5.75 Å². The van der Waals surface area contributed by atoms with Crippen LogP contribution in [0.15, 0.2) is 65.7 Å². The van der Waals surface area contributed by atoms with Gasteiger partial charge in [0.05, 0.1) is 33.9 Å². The molecule has 2 aromatic carbocycles. The van der Waals surface area contributed by atoms with E-state index in [1.807, 2.05) is 0 Å². The number of sulfonamides is 1. The van der Waals surface area contributed by atoms with Crippen molar-refractivity contribution in [2.24, 2.45) is 0 Å². The van der Waals surface area contributed by atoms with Gasteiger partial charge in [0.1, 0.15) is 11.9 Å². The molecule has 0 saturated heterocycles. The Labute approximate surface area is 212 Å². The molecule has 0 unspecified atom stereocenters. The van der Waals surface area contributed by atoms with Crippen LogP contribution < -0.4 is 9.04 Å². The highest BCUT2D eigenvalue weighted by molar-refractivity contribution is 7.92. The first-order valence-corrected chi connectivity index (χ1v) is 12.4. The number of fused-ring (bicyclic) bond motifs is 1. The summed E-state index contributed by atoms with van der Waals surface area (Å²) < 4.78 is 113. The molecule has 1 aliphatic rings. The summed E-state index contributed by atoms with van der Waals surface area (Å²) in [5, 5.41) is 9.01. The molecule has 0 radical (unpaired) electrons. The van der Waals surface area contributed by atoms with Crippen molar-refractivity contribution in [3.05, 3.63) is 71.9 Å². The van der Waals surface area contributed by atoms with Gasteiger partial charge >= 0.3 is 18.3 Å².